The van der Waals surface area contributed by atoms with Crippen LogP contribution in [0, 0.1) is 5.92 Å². The van der Waals surface area contributed by atoms with E-state index in [0.29, 0.717) is 0 Å². The molecule has 1 aliphatic carbocycles. The molecule has 102 valence electrons. The molecule has 0 spiro atoms. The van der Waals surface area contributed by atoms with Crippen LogP contribution in [-0.2, 0) is 5.41 Å². The number of rotatable bonds is 5. The molecular weight excluding hydrogens is 232 g/mol. The summed E-state index contributed by atoms with van der Waals surface area (Å²) in [6, 6.07) is 6.58. The Labute approximate surface area is 116 Å². The molecule has 1 fully saturated rings. The fourth-order valence-electron chi connectivity index (χ4n) is 2.90. The van der Waals surface area contributed by atoms with Crippen molar-refractivity contribution in [3.8, 4) is 5.75 Å². The Bertz CT molecular complexity index is 494. The summed E-state index contributed by atoms with van der Waals surface area (Å²) >= 11 is 0. The molecule has 0 saturated heterocycles. The van der Waals surface area contributed by atoms with E-state index < -0.39 is 0 Å². The number of allylic oxidation sites excluding steroid dienone is 1. The Morgan fingerprint density at radius 1 is 1.37 bits per heavy atom. The summed E-state index contributed by atoms with van der Waals surface area (Å²) in [6.07, 6.45) is 6.73. The molecule has 1 heteroatoms. The van der Waals surface area contributed by atoms with Gasteiger partial charge in [0, 0.05) is 11.0 Å². The van der Waals surface area contributed by atoms with Crippen molar-refractivity contribution >= 4 is 5.57 Å². The second-order valence-electron chi connectivity index (χ2n) is 6.82. The third-order valence-electron chi connectivity index (χ3n) is 4.49. The maximum Gasteiger partial charge on any atom is 0.123 e. The van der Waals surface area contributed by atoms with Gasteiger partial charge in [0.1, 0.15) is 5.75 Å². The summed E-state index contributed by atoms with van der Waals surface area (Å²) in [5.41, 5.74) is 4.06. The molecule has 0 bridgehead atoms. The van der Waals surface area contributed by atoms with E-state index in [1.165, 1.54) is 42.4 Å². The van der Waals surface area contributed by atoms with Crippen molar-refractivity contribution in [1.82, 2.24) is 0 Å². The normalized spacial score (nSPS) is 19.9. The van der Waals surface area contributed by atoms with Crippen LogP contribution >= 0.6 is 0 Å². The van der Waals surface area contributed by atoms with Crippen LogP contribution in [0.1, 0.15) is 57.1 Å². The van der Waals surface area contributed by atoms with Crippen molar-refractivity contribution in [3.63, 3.8) is 0 Å². The average molecular weight is 256 g/mol. The first-order valence-corrected chi connectivity index (χ1v) is 7.52. The van der Waals surface area contributed by atoms with Crippen molar-refractivity contribution in [2.75, 3.05) is 6.61 Å². The van der Waals surface area contributed by atoms with E-state index in [4.69, 9.17) is 4.74 Å². The highest BCUT2D eigenvalue weighted by molar-refractivity contribution is 5.66. The van der Waals surface area contributed by atoms with Crippen molar-refractivity contribution in [3.05, 3.63) is 35.9 Å². The second-order valence-corrected chi connectivity index (χ2v) is 6.82. The van der Waals surface area contributed by atoms with Crippen LogP contribution in [-0.4, -0.2) is 6.61 Å². The summed E-state index contributed by atoms with van der Waals surface area (Å²) in [6.45, 7) is 9.56. The first-order chi connectivity index (χ1) is 9.06. The van der Waals surface area contributed by atoms with Gasteiger partial charge in [0.15, 0.2) is 0 Å². The Morgan fingerprint density at radius 2 is 2.16 bits per heavy atom. The molecule has 1 aromatic rings. The van der Waals surface area contributed by atoms with Crippen LogP contribution < -0.4 is 4.74 Å². The minimum Gasteiger partial charge on any atom is -0.492 e. The van der Waals surface area contributed by atoms with E-state index in [1.807, 2.05) is 0 Å². The number of hydrogen-bond donors (Lipinski definition) is 0. The maximum absolute atomic E-state index is 5.74. The van der Waals surface area contributed by atoms with Gasteiger partial charge in [-0.15, -0.1) is 0 Å². The first kappa shape index (κ1) is 12.8. The molecule has 1 heterocycles. The Hall–Kier alpha value is -1.24. The fourth-order valence-corrected chi connectivity index (χ4v) is 2.90. The molecule has 1 aromatic carbocycles. The summed E-state index contributed by atoms with van der Waals surface area (Å²) < 4.78 is 5.74. The summed E-state index contributed by atoms with van der Waals surface area (Å²) in [5.74, 6) is 2.08. The zero-order chi connectivity index (χ0) is 13.5. The highest BCUT2D eigenvalue weighted by atomic mass is 16.5. The fraction of sp³-hybridized carbons (Fsp3) is 0.556. The van der Waals surface area contributed by atoms with Gasteiger partial charge in [0.05, 0.1) is 6.61 Å². The zero-order valence-electron chi connectivity index (χ0n) is 12.2. The van der Waals surface area contributed by atoms with Gasteiger partial charge in [-0.2, -0.15) is 0 Å². The molecule has 0 N–H and O–H groups in total. The quantitative estimate of drug-likeness (QED) is 0.724. The lowest BCUT2D eigenvalue weighted by atomic mass is 9.85. The SMILES string of the molecule is C=C(CCCC1CC1)c1ccc2c(c1)C(C)(C)CO2. The number of benzene rings is 1. The largest absolute Gasteiger partial charge is 0.492 e. The van der Waals surface area contributed by atoms with E-state index in [-0.39, 0.29) is 5.41 Å². The molecule has 0 aromatic heterocycles. The Kier molecular flexibility index (Phi) is 3.16. The van der Waals surface area contributed by atoms with Crippen LogP contribution in [0.2, 0.25) is 0 Å². The minimum atomic E-state index is 0.139. The Balaban J connectivity index is 1.69. The van der Waals surface area contributed by atoms with E-state index in [1.54, 1.807) is 0 Å². The molecule has 1 aliphatic heterocycles. The van der Waals surface area contributed by atoms with E-state index in [0.717, 1.165) is 24.7 Å². The molecular formula is C18H24O. The van der Waals surface area contributed by atoms with Gasteiger partial charge in [0.25, 0.3) is 0 Å². The monoisotopic (exact) mass is 256 g/mol. The molecule has 1 nitrogen and oxygen atoms in total. The number of ether oxygens (including phenoxy) is 1. The number of hydrogen-bond acceptors (Lipinski definition) is 1. The summed E-state index contributed by atoms with van der Waals surface area (Å²) in [7, 11) is 0. The van der Waals surface area contributed by atoms with Crippen molar-refractivity contribution < 1.29 is 4.74 Å². The van der Waals surface area contributed by atoms with Gasteiger partial charge in [-0.3, -0.25) is 0 Å². The standard InChI is InChI=1S/C18H24O/c1-13(5-4-6-14-7-8-14)15-9-10-17-16(11-15)18(2,3)12-19-17/h9-11,14H,1,4-8,12H2,2-3H3. The van der Waals surface area contributed by atoms with Gasteiger partial charge < -0.3 is 4.74 Å². The lowest BCUT2D eigenvalue weighted by molar-refractivity contribution is 0.291. The van der Waals surface area contributed by atoms with Crippen LogP contribution in [0.3, 0.4) is 0 Å². The van der Waals surface area contributed by atoms with Gasteiger partial charge in [-0.1, -0.05) is 45.8 Å². The summed E-state index contributed by atoms with van der Waals surface area (Å²) in [5, 5.41) is 0. The van der Waals surface area contributed by atoms with Gasteiger partial charge in [-0.05, 0) is 42.0 Å². The lowest BCUT2D eigenvalue weighted by Gasteiger charge is -2.16. The van der Waals surface area contributed by atoms with E-state index in [9.17, 15) is 0 Å². The van der Waals surface area contributed by atoms with Crippen molar-refractivity contribution in [2.24, 2.45) is 5.92 Å². The smallest absolute Gasteiger partial charge is 0.123 e. The van der Waals surface area contributed by atoms with Crippen molar-refractivity contribution in [2.45, 2.75) is 51.4 Å². The average Bonchev–Trinajstić information content (AvgIpc) is 3.15. The topological polar surface area (TPSA) is 9.23 Å². The van der Waals surface area contributed by atoms with Crippen LogP contribution in [0.25, 0.3) is 5.57 Å². The molecule has 1 saturated carbocycles. The highest BCUT2D eigenvalue weighted by Crippen LogP contribution is 2.40. The second kappa shape index (κ2) is 4.70. The minimum absolute atomic E-state index is 0.139. The predicted molar refractivity (Wildman–Crippen MR) is 80.6 cm³/mol. The van der Waals surface area contributed by atoms with Crippen LogP contribution in [0.5, 0.6) is 5.75 Å². The number of fused-ring (bicyclic) bond motifs is 1. The Morgan fingerprint density at radius 3 is 2.89 bits per heavy atom. The van der Waals surface area contributed by atoms with E-state index >= 15 is 0 Å². The van der Waals surface area contributed by atoms with Gasteiger partial charge in [-0.25, -0.2) is 0 Å². The molecule has 0 unspecified atom stereocenters. The van der Waals surface area contributed by atoms with E-state index in [2.05, 4.69) is 38.6 Å². The zero-order valence-corrected chi connectivity index (χ0v) is 12.2. The van der Waals surface area contributed by atoms with Gasteiger partial charge in [0.2, 0.25) is 0 Å². The molecule has 2 aliphatic rings. The van der Waals surface area contributed by atoms with Crippen LogP contribution in [0.4, 0.5) is 0 Å². The molecule has 19 heavy (non-hydrogen) atoms. The van der Waals surface area contributed by atoms with Gasteiger partial charge >= 0.3 is 0 Å². The molecule has 0 radical (unpaired) electrons. The van der Waals surface area contributed by atoms with Crippen LogP contribution in [0.15, 0.2) is 24.8 Å². The predicted octanol–water partition coefficient (Wildman–Crippen LogP) is 4.95. The maximum atomic E-state index is 5.74. The van der Waals surface area contributed by atoms with Crippen molar-refractivity contribution in [1.29, 1.82) is 0 Å². The summed E-state index contributed by atoms with van der Waals surface area (Å²) in [4.78, 5) is 0. The first-order valence-electron chi connectivity index (χ1n) is 7.52. The molecule has 0 amide bonds. The molecule has 3 rings (SSSR count). The highest BCUT2D eigenvalue weighted by Gasteiger charge is 2.31. The third kappa shape index (κ3) is 2.70. The lowest BCUT2D eigenvalue weighted by Crippen LogP contribution is -2.18. The molecule has 0 atom stereocenters. The third-order valence-corrected chi connectivity index (χ3v) is 4.49.